The van der Waals surface area contributed by atoms with Gasteiger partial charge in [-0.1, -0.05) is 0 Å². The first-order valence-corrected chi connectivity index (χ1v) is 3.15. The van der Waals surface area contributed by atoms with Crippen LogP contribution in [0.1, 0.15) is 0 Å². The van der Waals surface area contributed by atoms with E-state index in [4.69, 9.17) is 10.8 Å². The fourth-order valence-electron chi connectivity index (χ4n) is 0.456. The molecule has 0 radical (unpaired) electrons. The van der Waals surface area contributed by atoms with Crippen molar-refractivity contribution in [3.63, 3.8) is 0 Å². The third kappa shape index (κ3) is 1.10. The van der Waals surface area contributed by atoms with Gasteiger partial charge in [-0.3, -0.25) is 9.78 Å². The number of nitrogens with two attached hydrogens (primary N) is 1. The van der Waals surface area contributed by atoms with Crippen LogP contribution in [0.5, 0.6) is 5.75 Å². The number of H-pyrrole nitrogens is 1. The van der Waals surface area contributed by atoms with Crippen LogP contribution in [0.15, 0.2) is 9.40 Å². The van der Waals surface area contributed by atoms with E-state index >= 15 is 0 Å². The molecule has 0 aromatic carbocycles. The number of nitrogens with zero attached hydrogens (tertiary/aromatic N) is 1. The molecule has 0 spiro atoms. The number of nitrogens with one attached hydrogen (secondary N) is 1. The highest BCUT2D eigenvalue weighted by Crippen LogP contribution is 2.14. The SMILES string of the molecule is Nc1nc(Br)c(O)c(=O)[nH]1. The van der Waals surface area contributed by atoms with Crippen LogP contribution in [0, 0.1) is 0 Å². The van der Waals surface area contributed by atoms with Gasteiger partial charge in [0, 0.05) is 0 Å². The largest absolute Gasteiger partial charge is 0.501 e. The molecule has 10 heavy (non-hydrogen) atoms. The molecule has 0 atom stereocenters. The molecule has 5 nitrogen and oxygen atoms in total. The van der Waals surface area contributed by atoms with Gasteiger partial charge in [-0.05, 0) is 15.9 Å². The van der Waals surface area contributed by atoms with Gasteiger partial charge < -0.3 is 10.8 Å². The third-order valence-electron chi connectivity index (χ3n) is 0.871. The van der Waals surface area contributed by atoms with Gasteiger partial charge in [0.05, 0.1) is 0 Å². The molecule has 1 heterocycles. The summed E-state index contributed by atoms with van der Waals surface area (Å²) in [5.41, 5.74) is 4.47. The fraction of sp³-hybridized carbons (Fsp3) is 0. The molecule has 0 fully saturated rings. The number of hydrogen-bond donors (Lipinski definition) is 3. The minimum absolute atomic E-state index is 0.0327. The maximum absolute atomic E-state index is 10.6. The Labute approximate surface area is 64.0 Å². The van der Waals surface area contributed by atoms with Gasteiger partial charge in [0.25, 0.3) is 5.56 Å². The highest BCUT2D eigenvalue weighted by molar-refractivity contribution is 9.10. The van der Waals surface area contributed by atoms with Crippen molar-refractivity contribution in [1.29, 1.82) is 0 Å². The molecule has 0 unspecified atom stereocenters. The molecule has 0 bridgehead atoms. The summed E-state index contributed by atoms with van der Waals surface area (Å²) in [6.07, 6.45) is 0. The normalized spacial score (nSPS) is 9.70. The van der Waals surface area contributed by atoms with Crippen molar-refractivity contribution in [2.24, 2.45) is 0 Å². The van der Waals surface area contributed by atoms with E-state index < -0.39 is 11.3 Å². The lowest BCUT2D eigenvalue weighted by Crippen LogP contribution is -2.10. The molecule has 0 saturated heterocycles. The predicted octanol–water partition coefficient (Wildman–Crippen LogP) is -0.180. The van der Waals surface area contributed by atoms with Crippen LogP contribution in [0.4, 0.5) is 5.95 Å². The van der Waals surface area contributed by atoms with Gasteiger partial charge in [-0.25, -0.2) is 4.98 Å². The van der Waals surface area contributed by atoms with Crippen molar-refractivity contribution in [2.45, 2.75) is 0 Å². The molecule has 0 aliphatic rings. The second-order valence-electron chi connectivity index (χ2n) is 1.59. The molecule has 0 amide bonds. The summed E-state index contributed by atoms with van der Waals surface area (Å²) < 4.78 is 0.0498. The topological polar surface area (TPSA) is 92.0 Å². The lowest BCUT2D eigenvalue weighted by atomic mass is 10.6. The number of halogens is 1. The number of aromatic amines is 1. The van der Waals surface area contributed by atoms with Crippen LogP contribution in [0.25, 0.3) is 0 Å². The summed E-state index contributed by atoms with van der Waals surface area (Å²) in [5, 5.41) is 8.82. The quantitative estimate of drug-likeness (QED) is 0.513. The summed E-state index contributed by atoms with van der Waals surface area (Å²) in [6.45, 7) is 0. The lowest BCUT2D eigenvalue weighted by Gasteiger charge is -1.94. The first-order valence-electron chi connectivity index (χ1n) is 2.35. The average Bonchev–Trinajstić information content (AvgIpc) is 1.82. The highest BCUT2D eigenvalue weighted by atomic mass is 79.9. The second-order valence-corrected chi connectivity index (χ2v) is 2.34. The van der Waals surface area contributed by atoms with Crippen LogP contribution < -0.4 is 11.3 Å². The third-order valence-corrected chi connectivity index (χ3v) is 1.42. The van der Waals surface area contributed by atoms with Crippen molar-refractivity contribution >= 4 is 21.9 Å². The number of rotatable bonds is 0. The average molecular weight is 206 g/mol. The molecule has 0 aliphatic carbocycles. The van der Waals surface area contributed by atoms with Gasteiger partial charge in [0.2, 0.25) is 11.7 Å². The van der Waals surface area contributed by atoms with E-state index in [2.05, 4.69) is 25.9 Å². The van der Waals surface area contributed by atoms with E-state index in [9.17, 15) is 4.79 Å². The molecular formula is C4H4BrN3O2. The summed E-state index contributed by atoms with van der Waals surface area (Å²) in [5.74, 6) is -0.496. The number of hydrogen-bond acceptors (Lipinski definition) is 4. The Morgan fingerprint density at radius 3 is 2.80 bits per heavy atom. The zero-order valence-electron chi connectivity index (χ0n) is 4.76. The zero-order chi connectivity index (χ0) is 7.72. The maximum atomic E-state index is 10.6. The van der Waals surface area contributed by atoms with Crippen molar-refractivity contribution in [3.05, 3.63) is 15.0 Å². The molecule has 0 aliphatic heterocycles. The number of nitrogen functional groups attached to an aromatic ring is 1. The molecule has 0 saturated carbocycles. The Morgan fingerprint density at radius 2 is 2.30 bits per heavy atom. The van der Waals surface area contributed by atoms with Gasteiger partial charge in [-0.15, -0.1) is 0 Å². The number of aromatic hydroxyl groups is 1. The molecule has 4 N–H and O–H groups in total. The Hall–Kier alpha value is -1.04. The van der Waals surface area contributed by atoms with Crippen molar-refractivity contribution in [1.82, 2.24) is 9.97 Å². The standard InChI is InChI=1S/C4H4BrN3O2/c5-2-1(9)3(10)8-4(6)7-2/h9H,(H3,6,7,8,10). The highest BCUT2D eigenvalue weighted by Gasteiger charge is 2.03. The van der Waals surface area contributed by atoms with Gasteiger partial charge in [0.15, 0.2) is 4.60 Å². The lowest BCUT2D eigenvalue weighted by molar-refractivity contribution is 0.459. The summed E-state index contributed by atoms with van der Waals surface area (Å²) in [7, 11) is 0. The molecule has 54 valence electrons. The van der Waals surface area contributed by atoms with E-state index in [0.29, 0.717) is 0 Å². The Bertz CT molecular complexity index is 308. The van der Waals surface area contributed by atoms with Crippen molar-refractivity contribution in [2.75, 3.05) is 5.73 Å². The van der Waals surface area contributed by atoms with Crippen LogP contribution in [0.2, 0.25) is 0 Å². The predicted molar refractivity (Wildman–Crippen MR) is 38.6 cm³/mol. The smallest absolute Gasteiger partial charge is 0.295 e. The monoisotopic (exact) mass is 205 g/mol. The molecule has 1 aromatic rings. The summed E-state index contributed by atoms with van der Waals surface area (Å²) in [6, 6.07) is 0. The first-order chi connectivity index (χ1) is 4.61. The van der Waals surface area contributed by atoms with Gasteiger partial charge in [0.1, 0.15) is 0 Å². The van der Waals surface area contributed by atoms with E-state index in [1.54, 1.807) is 0 Å². The summed E-state index contributed by atoms with van der Waals surface area (Å²) in [4.78, 5) is 16.2. The molecule has 1 aromatic heterocycles. The Kier molecular flexibility index (Phi) is 1.62. The number of anilines is 1. The maximum Gasteiger partial charge on any atom is 0.295 e. The van der Waals surface area contributed by atoms with Gasteiger partial charge in [-0.2, -0.15) is 0 Å². The second kappa shape index (κ2) is 2.30. The first kappa shape index (κ1) is 7.07. The van der Waals surface area contributed by atoms with Gasteiger partial charge >= 0.3 is 0 Å². The zero-order valence-corrected chi connectivity index (χ0v) is 6.34. The van der Waals surface area contributed by atoms with Crippen LogP contribution in [-0.4, -0.2) is 15.1 Å². The summed E-state index contributed by atoms with van der Waals surface area (Å²) >= 11 is 2.84. The Morgan fingerprint density at radius 1 is 1.70 bits per heavy atom. The van der Waals surface area contributed by atoms with E-state index in [1.165, 1.54) is 0 Å². The van der Waals surface area contributed by atoms with E-state index in [0.717, 1.165) is 0 Å². The molecular weight excluding hydrogens is 202 g/mol. The van der Waals surface area contributed by atoms with E-state index in [1.807, 2.05) is 0 Å². The van der Waals surface area contributed by atoms with Crippen molar-refractivity contribution in [3.8, 4) is 5.75 Å². The van der Waals surface area contributed by atoms with E-state index in [-0.39, 0.29) is 10.6 Å². The Balaban J connectivity index is 3.46. The van der Waals surface area contributed by atoms with Crippen molar-refractivity contribution < 1.29 is 5.11 Å². The van der Waals surface area contributed by atoms with Crippen LogP contribution in [-0.2, 0) is 0 Å². The molecule has 1 rings (SSSR count). The van der Waals surface area contributed by atoms with Crippen LogP contribution in [0.3, 0.4) is 0 Å². The minimum atomic E-state index is -0.653. The number of aromatic nitrogens is 2. The van der Waals surface area contributed by atoms with Crippen LogP contribution >= 0.6 is 15.9 Å². The minimum Gasteiger partial charge on any atom is -0.501 e. The fourth-order valence-corrected chi connectivity index (χ4v) is 0.827. The molecule has 6 heteroatoms.